The van der Waals surface area contributed by atoms with Crippen molar-refractivity contribution in [1.29, 1.82) is 0 Å². The molecule has 0 aromatic heterocycles. The summed E-state index contributed by atoms with van der Waals surface area (Å²) in [5.41, 5.74) is 3.26. The Morgan fingerprint density at radius 3 is 2.79 bits per heavy atom. The summed E-state index contributed by atoms with van der Waals surface area (Å²) in [5.74, 6) is 0.408. The Morgan fingerprint density at radius 1 is 1.29 bits per heavy atom. The highest BCUT2D eigenvalue weighted by molar-refractivity contribution is 6.33. The number of aryl methyl sites for hydroxylation is 1. The summed E-state index contributed by atoms with van der Waals surface area (Å²) in [6, 6.07) is 10.7. The third-order valence-corrected chi connectivity index (χ3v) is 4.52. The predicted octanol–water partition coefficient (Wildman–Crippen LogP) is 4.36. The molecule has 4 nitrogen and oxygen atoms in total. The van der Waals surface area contributed by atoms with Crippen LogP contribution in [0.4, 0.5) is 5.69 Å². The lowest BCUT2D eigenvalue weighted by Gasteiger charge is -2.13. The Balaban J connectivity index is 1.73. The van der Waals surface area contributed by atoms with Crippen molar-refractivity contribution in [2.24, 2.45) is 0 Å². The number of Topliss-reactive ketones (excluding diaryl/α,β-unsaturated/α-hetero) is 1. The Bertz CT molecular complexity index is 816. The van der Waals surface area contributed by atoms with Crippen LogP contribution in [0, 0.1) is 6.92 Å². The van der Waals surface area contributed by atoms with Crippen molar-refractivity contribution in [3.05, 3.63) is 58.1 Å². The van der Waals surface area contributed by atoms with Crippen LogP contribution in [-0.4, -0.2) is 18.3 Å². The molecule has 0 unspecified atom stereocenters. The molecule has 2 aromatic rings. The molecule has 5 heteroatoms. The zero-order valence-electron chi connectivity index (χ0n) is 13.6. The summed E-state index contributed by atoms with van der Waals surface area (Å²) in [6.45, 7) is 3.84. The van der Waals surface area contributed by atoms with Crippen molar-refractivity contribution in [3.63, 3.8) is 0 Å². The first-order valence-corrected chi connectivity index (χ1v) is 8.19. The van der Waals surface area contributed by atoms with Gasteiger partial charge in [-0.05, 0) is 42.2 Å². The number of hydrogen-bond donors (Lipinski definition) is 1. The third-order valence-electron chi connectivity index (χ3n) is 4.20. The van der Waals surface area contributed by atoms with E-state index in [9.17, 15) is 9.59 Å². The molecule has 0 bridgehead atoms. The van der Waals surface area contributed by atoms with E-state index in [0.29, 0.717) is 28.4 Å². The van der Waals surface area contributed by atoms with Gasteiger partial charge in [-0.1, -0.05) is 36.7 Å². The molecular weight excluding hydrogens is 326 g/mol. The quantitative estimate of drug-likeness (QED) is 0.897. The van der Waals surface area contributed by atoms with Crippen LogP contribution in [0.1, 0.15) is 40.7 Å². The van der Waals surface area contributed by atoms with Gasteiger partial charge in [0.1, 0.15) is 5.75 Å². The monoisotopic (exact) mass is 343 g/mol. The van der Waals surface area contributed by atoms with Gasteiger partial charge < -0.3 is 10.1 Å². The standard InChI is InChI=1S/C19H18ClNO3/c1-11-7-8-16(19-15(22)9-12(2)18(11)19)24-10-17(23)21-14-6-4-3-5-13(14)20/h3-8,12H,9-10H2,1-2H3,(H,21,23)/t12-/m0/s1. The lowest BCUT2D eigenvalue weighted by Crippen LogP contribution is -2.21. The van der Waals surface area contributed by atoms with Gasteiger partial charge in [0.25, 0.3) is 5.91 Å². The van der Waals surface area contributed by atoms with Crippen molar-refractivity contribution in [1.82, 2.24) is 0 Å². The molecule has 0 heterocycles. The molecule has 0 saturated heterocycles. The minimum Gasteiger partial charge on any atom is -0.483 e. The largest absolute Gasteiger partial charge is 0.483 e. The van der Waals surface area contributed by atoms with E-state index in [2.05, 4.69) is 5.32 Å². The van der Waals surface area contributed by atoms with E-state index in [1.165, 1.54) is 0 Å². The fraction of sp³-hybridized carbons (Fsp3) is 0.263. The number of carbonyl (C=O) groups is 2. The number of para-hydroxylation sites is 1. The first-order valence-electron chi connectivity index (χ1n) is 7.81. The van der Waals surface area contributed by atoms with E-state index in [-0.39, 0.29) is 24.2 Å². The van der Waals surface area contributed by atoms with Crippen LogP contribution in [0.2, 0.25) is 5.02 Å². The number of rotatable bonds is 4. The Morgan fingerprint density at radius 2 is 2.04 bits per heavy atom. The normalized spacial score (nSPS) is 16.0. The predicted molar refractivity (Wildman–Crippen MR) is 94.1 cm³/mol. The molecule has 0 spiro atoms. The molecular formula is C19H18ClNO3. The van der Waals surface area contributed by atoms with Crippen LogP contribution < -0.4 is 10.1 Å². The molecule has 1 N–H and O–H groups in total. The Kier molecular flexibility index (Phi) is 4.58. The minimum absolute atomic E-state index is 0.0720. The molecule has 3 rings (SSSR count). The summed E-state index contributed by atoms with van der Waals surface area (Å²) in [7, 11) is 0. The van der Waals surface area contributed by atoms with Crippen molar-refractivity contribution >= 4 is 29.0 Å². The number of ether oxygens (including phenoxy) is 1. The number of carbonyl (C=O) groups excluding carboxylic acids is 2. The highest BCUT2D eigenvalue weighted by atomic mass is 35.5. The highest BCUT2D eigenvalue weighted by Gasteiger charge is 2.31. The number of amides is 1. The van der Waals surface area contributed by atoms with Crippen LogP contribution >= 0.6 is 11.6 Å². The van der Waals surface area contributed by atoms with Crippen molar-refractivity contribution in [2.75, 3.05) is 11.9 Å². The van der Waals surface area contributed by atoms with Crippen molar-refractivity contribution in [3.8, 4) is 5.75 Å². The van der Waals surface area contributed by atoms with Gasteiger partial charge in [-0.15, -0.1) is 0 Å². The third kappa shape index (κ3) is 3.15. The van der Waals surface area contributed by atoms with Crippen LogP contribution in [0.5, 0.6) is 5.75 Å². The molecule has 0 saturated carbocycles. The summed E-state index contributed by atoms with van der Waals surface area (Å²) in [4.78, 5) is 24.3. The van der Waals surface area contributed by atoms with Crippen LogP contribution in [0.15, 0.2) is 36.4 Å². The maximum absolute atomic E-state index is 12.2. The summed E-state index contributed by atoms with van der Waals surface area (Å²) in [6.07, 6.45) is 0.488. The van der Waals surface area contributed by atoms with Gasteiger partial charge in [0.15, 0.2) is 12.4 Å². The zero-order chi connectivity index (χ0) is 17.3. The average Bonchev–Trinajstić information content (AvgIpc) is 2.85. The lowest BCUT2D eigenvalue weighted by atomic mass is 9.97. The molecule has 124 valence electrons. The maximum atomic E-state index is 12.2. The summed E-state index contributed by atoms with van der Waals surface area (Å²) < 4.78 is 5.62. The molecule has 0 aliphatic heterocycles. The first-order chi connectivity index (χ1) is 11.5. The molecule has 1 atom stereocenters. The second-order valence-corrected chi connectivity index (χ2v) is 6.42. The van der Waals surface area contributed by atoms with Crippen LogP contribution in [0.25, 0.3) is 0 Å². The van der Waals surface area contributed by atoms with E-state index < -0.39 is 0 Å². The average molecular weight is 344 g/mol. The van der Waals surface area contributed by atoms with Gasteiger partial charge in [-0.3, -0.25) is 9.59 Å². The topological polar surface area (TPSA) is 55.4 Å². The smallest absolute Gasteiger partial charge is 0.262 e. The van der Waals surface area contributed by atoms with Crippen molar-refractivity contribution in [2.45, 2.75) is 26.2 Å². The number of benzene rings is 2. The Hall–Kier alpha value is -2.33. The first kappa shape index (κ1) is 16.5. The van der Waals surface area contributed by atoms with E-state index in [1.54, 1.807) is 30.3 Å². The summed E-state index contributed by atoms with van der Waals surface area (Å²) in [5, 5.41) is 3.16. The van der Waals surface area contributed by atoms with Gasteiger partial charge >= 0.3 is 0 Å². The van der Waals surface area contributed by atoms with Gasteiger partial charge in [0.05, 0.1) is 16.3 Å². The number of halogens is 1. The second-order valence-electron chi connectivity index (χ2n) is 6.01. The fourth-order valence-corrected chi connectivity index (χ4v) is 3.30. The van der Waals surface area contributed by atoms with Gasteiger partial charge in [-0.2, -0.15) is 0 Å². The minimum atomic E-state index is -0.323. The number of nitrogens with one attached hydrogen (secondary N) is 1. The zero-order valence-corrected chi connectivity index (χ0v) is 14.3. The summed E-state index contributed by atoms with van der Waals surface area (Å²) >= 11 is 6.01. The van der Waals surface area contributed by atoms with Crippen LogP contribution in [-0.2, 0) is 4.79 Å². The second kappa shape index (κ2) is 6.65. The number of hydrogen-bond acceptors (Lipinski definition) is 3. The Labute approximate surface area is 145 Å². The SMILES string of the molecule is Cc1ccc(OCC(=O)Nc2ccccc2Cl)c2c1[C@@H](C)CC2=O. The van der Waals surface area contributed by atoms with E-state index in [4.69, 9.17) is 16.3 Å². The highest BCUT2D eigenvalue weighted by Crippen LogP contribution is 2.40. The molecule has 0 fully saturated rings. The van der Waals surface area contributed by atoms with Crippen molar-refractivity contribution < 1.29 is 14.3 Å². The van der Waals surface area contributed by atoms with Gasteiger partial charge in [0, 0.05) is 6.42 Å². The molecule has 2 aromatic carbocycles. The number of anilines is 1. The van der Waals surface area contributed by atoms with Gasteiger partial charge in [0.2, 0.25) is 0 Å². The fourth-order valence-electron chi connectivity index (χ4n) is 3.12. The number of fused-ring (bicyclic) bond motifs is 1. The van der Waals surface area contributed by atoms with Gasteiger partial charge in [-0.25, -0.2) is 0 Å². The molecule has 1 aliphatic rings. The molecule has 0 radical (unpaired) electrons. The van der Waals surface area contributed by atoms with E-state index in [0.717, 1.165) is 11.1 Å². The van der Waals surface area contributed by atoms with Crippen LogP contribution in [0.3, 0.4) is 0 Å². The van der Waals surface area contributed by atoms with E-state index in [1.807, 2.05) is 19.9 Å². The van der Waals surface area contributed by atoms with E-state index >= 15 is 0 Å². The molecule has 1 aliphatic carbocycles. The lowest BCUT2D eigenvalue weighted by molar-refractivity contribution is -0.118. The maximum Gasteiger partial charge on any atom is 0.262 e. The number of ketones is 1. The molecule has 1 amide bonds. The molecule has 24 heavy (non-hydrogen) atoms.